The summed E-state index contributed by atoms with van der Waals surface area (Å²) >= 11 is 0. The predicted octanol–water partition coefficient (Wildman–Crippen LogP) is 2.51. The van der Waals surface area contributed by atoms with Crippen LogP contribution in [-0.2, 0) is 9.47 Å². The van der Waals surface area contributed by atoms with E-state index in [4.69, 9.17) is 14.5 Å². The van der Waals surface area contributed by atoms with Gasteiger partial charge in [0.05, 0.1) is 13.2 Å². The molecule has 0 radical (unpaired) electrons. The zero-order valence-corrected chi connectivity index (χ0v) is 15.9. The van der Waals surface area contributed by atoms with Crippen LogP contribution in [0.3, 0.4) is 0 Å². The number of nitrogens with zero attached hydrogens (tertiary/aromatic N) is 4. The molecule has 0 spiro atoms. The lowest BCUT2D eigenvalue weighted by molar-refractivity contribution is 0.142. The molecule has 0 amide bonds. The zero-order chi connectivity index (χ0) is 17.6. The van der Waals surface area contributed by atoms with Crippen LogP contribution in [0.5, 0.6) is 0 Å². The van der Waals surface area contributed by atoms with Crippen LogP contribution >= 0.6 is 0 Å². The van der Waals surface area contributed by atoms with E-state index in [9.17, 15) is 0 Å². The lowest BCUT2D eigenvalue weighted by Crippen LogP contribution is -2.40. The molecule has 0 N–H and O–H groups in total. The fourth-order valence-electron chi connectivity index (χ4n) is 4.14. The average molecular weight is 348 g/mol. The topological polar surface area (TPSA) is 50.7 Å². The van der Waals surface area contributed by atoms with Crippen LogP contribution < -0.4 is 9.80 Å². The number of ether oxygens (including phenoxy) is 2. The van der Waals surface area contributed by atoms with Gasteiger partial charge < -0.3 is 19.3 Å². The van der Waals surface area contributed by atoms with E-state index in [2.05, 4.69) is 21.7 Å². The van der Waals surface area contributed by atoms with Crippen molar-refractivity contribution in [3.05, 3.63) is 11.8 Å². The fraction of sp³-hybridized carbons (Fsp3) is 0.789. The summed E-state index contributed by atoms with van der Waals surface area (Å²) in [4.78, 5) is 14.3. The van der Waals surface area contributed by atoms with Gasteiger partial charge >= 0.3 is 0 Å². The number of piperidine rings is 2. The predicted molar refractivity (Wildman–Crippen MR) is 100 cm³/mol. The smallest absolute Gasteiger partial charge is 0.227 e. The van der Waals surface area contributed by atoms with E-state index in [1.165, 1.54) is 25.7 Å². The van der Waals surface area contributed by atoms with Crippen molar-refractivity contribution in [3.63, 3.8) is 0 Å². The van der Waals surface area contributed by atoms with Gasteiger partial charge in [-0.2, -0.15) is 4.98 Å². The SMILES string of the molecule is COC[C@H]1CCCN(c2ncc(C)c(N3CCC[C@@H](COC)C3)n2)C1. The molecule has 140 valence electrons. The summed E-state index contributed by atoms with van der Waals surface area (Å²) in [6, 6.07) is 0. The Morgan fingerprint density at radius 3 is 2.24 bits per heavy atom. The molecule has 2 aliphatic rings. The molecule has 2 atom stereocenters. The maximum absolute atomic E-state index is 5.37. The van der Waals surface area contributed by atoms with Crippen molar-refractivity contribution in [3.8, 4) is 0 Å². The summed E-state index contributed by atoms with van der Waals surface area (Å²) in [7, 11) is 3.58. The number of aryl methyl sites for hydroxylation is 1. The molecule has 25 heavy (non-hydrogen) atoms. The van der Waals surface area contributed by atoms with Crippen molar-refractivity contribution in [2.75, 3.05) is 63.4 Å². The van der Waals surface area contributed by atoms with E-state index in [0.29, 0.717) is 11.8 Å². The molecular formula is C19H32N4O2. The third kappa shape index (κ3) is 4.61. The third-order valence-corrected chi connectivity index (χ3v) is 5.36. The first-order chi connectivity index (χ1) is 12.2. The van der Waals surface area contributed by atoms with Gasteiger partial charge in [0.2, 0.25) is 5.95 Å². The maximum atomic E-state index is 5.37. The Morgan fingerprint density at radius 1 is 1.00 bits per heavy atom. The zero-order valence-electron chi connectivity index (χ0n) is 15.9. The second kappa shape index (κ2) is 8.81. The number of hydrogen-bond donors (Lipinski definition) is 0. The molecule has 3 rings (SSSR count). The molecular weight excluding hydrogens is 316 g/mol. The molecule has 3 heterocycles. The van der Waals surface area contributed by atoms with E-state index in [1.807, 2.05) is 6.20 Å². The van der Waals surface area contributed by atoms with Crippen LogP contribution in [0.2, 0.25) is 0 Å². The average Bonchev–Trinajstić information content (AvgIpc) is 2.63. The Balaban J connectivity index is 1.74. The highest BCUT2D eigenvalue weighted by Gasteiger charge is 2.25. The van der Waals surface area contributed by atoms with Crippen molar-refractivity contribution >= 4 is 11.8 Å². The summed E-state index contributed by atoms with van der Waals surface area (Å²) < 4.78 is 10.7. The van der Waals surface area contributed by atoms with E-state index in [1.54, 1.807) is 14.2 Å². The number of methoxy groups -OCH3 is 2. The van der Waals surface area contributed by atoms with Crippen molar-refractivity contribution in [1.82, 2.24) is 9.97 Å². The Labute approximate surface area is 151 Å². The number of hydrogen-bond acceptors (Lipinski definition) is 6. The molecule has 0 saturated carbocycles. The molecule has 1 aromatic rings. The van der Waals surface area contributed by atoms with Gasteiger partial charge in [-0.15, -0.1) is 0 Å². The van der Waals surface area contributed by atoms with Gasteiger partial charge in [0, 0.05) is 52.2 Å². The van der Waals surface area contributed by atoms with Gasteiger partial charge in [-0.25, -0.2) is 4.98 Å². The number of aromatic nitrogens is 2. The lowest BCUT2D eigenvalue weighted by atomic mass is 9.98. The molecule has 2 aliphatic heterocycles. The first-order valence-corrected chi connectivity index (χ1v) is 9.52. The van der Waals surface area contributed by atoms with Crippen molar-refractivity contribution < 1.29 is 9.47 Å². The molecule has 6 heteroatoms. The highest BCUT2D eigenvalue weighted by Crippen LogP contribution is 2.27. The third-order valence-electron chi connectivity index (χ3n) is 5.36. The quantitative estimate of drug-likeness (QED) is 0.787. The van der Waals surface area contributed by atoms with Crippen molar-refractivity contribution in [1.29, 1.82) is 0 Å². The first-order valence-electron chi connectivity index (χ1n) is 9.52. The van der Waals surface area contributed by atoms with Gasteiger partial charge in [0.25, 0.3) is 0 Å². The minimum atomic E-state index is 0.577. The molecule has 0 bridgehead atoms. The summed E-state index contributed by atoms with van der Waals surface area (Å²) in [5.41, 5.74) is 1.16. The Hall–Kier alpha value is -1.40. The molecule has 2 fully saturated rings. The molecule has 6 nitrogen and oxygen atoms in total. The summed E-state index contributed by atoms with van der Waals surface area (Å²) in [5.74, 6) is 3.14. The molecule has 0 aromatic carbocycles. The Morgan fingerprint density at radius 2 is 1.60 bits per heavy atom. The van der Waals surface area contributed by atoms with E-state index >= 15 is 0 Å². The second-order valence-corrected chi connectivity index (χ2v) is 7.50. The first kappa shape index (κ1) is 18.4. The summed E-state index contributed by atoms with van der Waals surface area (Å²) in [6.45, 7) is 7.89. The van der Waals surface area contributed by atoms with Crippen LogP contribution in [0.25, 0.3) is 0 Å². The number of rotatable bonds is 6. The Bertz CT molecular complexity index is 550. The Kier molecular flexibility index (Phi) is 6.48. The van der Waals surface area contributed by atoms with Crippen LogP contribution in [0, 0.1) is 18.8 Å². The largest absolute Gasteiger partial charge is 0.384 e. The lowest BCUT2D eigenvalue weighted by Gasteiger charge is -2.36. The van der Waals surface area contributed by atoms with E-state index < -0.39 is 0 Å². The van der Waals surface area contributed by atoms with Gasteiger partial charge in [-0.1, -0.05) is 0 Å². The standard InChI is InChI=1S/C19H32N4O2/c1-15-10-20-19(23-9-5-7-17(12-23)14-25-3)21-18(15)22-8-4-6-16(11-22)13-24-2/h10,16-17H,4-9,11-14H2,1-3H3/t16-,17+/m1/s1. The molecule has 1 aromatic heterocycles. The van der Waals surface area contributed by atoms with Gasteiger partial charge in [0.1, 0.15) is 5.82 Å². The van der Waals surface area contributed by atoms with E-state index in [0.717, 1.165) is 56.7 Å². The fourth-order valence-corrected chi connectivity index (χ4v) is 4.14. The maximum Gasteiger partial charge on any atom is 0.227 e. The summed E-state index contributed by atoms with van der Waals surface area (Å²) in [6.07, 6.45) is 6.84. The summed E-state index contributed by atoms with van der Waals surface area (Å²) in [5, 5.41) is 0. The minimum absolute atomic E-state index is 0.577. The molecule has 0 aliphatic carbocycles. The highest BCUT2D eigenvalue weighted by molar-refractivity contribution is 5.50. The molecule has 2 saturated heterocycles. The monoisotopic (exact) mass is 348 g/mol. The van der Waals surface area contributed by atoms with Crippen molar-refractivity contribution in [2.45, 2.75) is 32.6 Å². The van der Waals surface area contributed by atoms with Crippen molar-refractivity contribution in [2.24, 2.45) is 11.8 Å². The highest BCUT2D eigenvalue weighted by atomic mass is 16.5. The van der Waals surface area contributed by atoms with Crippen LogP contribution in [0.15, 0.2) is 6.20 Å². The van der Waals surface area contributed by atoms with Gasteiger partial charge in [-0.3, -0.25) is 0 Å². The van der Waals surface area contributed by atoms with Crippen LogP contribution in [0.4, 0.5) is 11.8 Å². The van der Waals surface area contributed by atoms with Gasteiger partial charge in [-0.05, 0) is 44.4 Å². The van der Waals surface area contributed by atoms with E-state index in [-0.39, 0.29) is 0 Å². The van der Waals surface area contributed by atoms with Crippen LogP contribution in [0.1, 0.15) is 31.2 Å². The second-order valence-electron chi connectivity index (χ2n) is 7.50. The minimum Gasteiger partial charge on any atom is -0.384 e. The van der Waals surface area contributed by atoms with Crippen LogP contribution in [-0.4, -0.2) is 63.6 Å². The molecule has 0 unspecified atom stereocenters. The number of anilines is 2. The van der Waals surface area contributed by atoms with Gasteiger partial charge in [0.15, 0.2) is 0 Å². The normalized spacial score (nSPS) is 24.6.